The van der Waals surface area contributed by atoms with Crippen LogP contribution < -0.4 is 10.6 Å². The average molecular weight is 404 g/mol. The van der Waals surface area contributed by atoms with E-state index in [1.807, 2.05) is 60.7 Å². The number of nitrogens with one attached hydrogen (secondary N) is 2. The number of amides is 2. The van der Waals surface area contributed by atoms with Crippen LogP contribution in [-0.2, 0) is 35.6 Å². The van der Waals surface area contributed by atoms with E-state index in [1.54, 1.807) is 10.9 Å². The highest BCUT2D eigenvalue weighted by atomic mass is 16.5. The highest BCUT2D eigenvalue weighted by Gasteiger charge is 2.28. The molecule has 2 aromatic carbocycles. The zero-order valence-corrected chi connectivity index (χ0v) is 16.6. The van der Waals surface area contributed by atoms with Gasteiger partial charge in [0.2, 0.25) is 5.91 Å². The molecule has 0 saturated heterocycles. The van der Waals surface area contributed by atoms with E-state index < -0.39 is 0 Å². The molecular weight excluding hydrogens is 380 g/mol. The quantitative estimate of drug-likeness (QED) is 0.602. The van der Waals surface area contributed by atoms with E-state index in [-0.39, 0.29) is 24.5 Å². The first-order chi connectivity index (χ1) is 14.7. The summed E-state index contributed by atoms with van der Waals surface area (Å²) in [7, 11) is 0. The molecule has 0 spiro atoms. The molecule has 154 valence electrons. The Morgan fingerprint density at radius 1 is 1.03 bits per heavy atom. The SMILES string of the molecule is O=C(COCc1ccccc1)N[C@H]1Cc2c(C(=O)NCc3ccccc3)cnn2C1. The van der Waals surface area contributed by atoms with E-state index in [0.717, 1.165) is 16.8 Å². The number of benzene rings is 2. The van der Waals surface area contributed by atoms with Gasteiger partial charge in [-0.2, -0.15) is 5.10 Å². The fourth-order valence-corrected chi connectivity index (χ4v) is 3.55. The van der Waals surface area contributed by atoms with Crippen LogP contribution in [-0.4, -0.2) is 34.2 Å². The molecule has 3 aromatic rings. The van der Waals surface area contributed by atoms with Crippen LogP contribution in [0.25, 0.3) is 0 Å². The van der Waals surface area contributed by atoms with Crippen LogP contribution in [0.4, 0.5) is 0 Å². The number of ether oxygens (including phenoxy) is 1. The topological polar surface area (TPSA) is 85.2 Å². The van der Waals surface area contributed by atoms with Crippen LogP contribution in [0.15, 0.2) is 66.9 Å². The van der Waals surface area contributed by atoms with Crippen molar-refractivity contribution in [2.24, 2.45) is 0 Å². The lowest BCUT2D eigenvalue weighted by atomic mass is 10.1. The first kappa shape index (κ1) is 19.8. The summed E-state index contributed by atoms with van der Waals surface area (Å²) in [5.41, 5.74) is 3.46. The van der Waals surface area contributed by atoms with Crippen LogP contribution in [0.2, 0.25) is 0 Å². The number of rotatable bonds is 8. The van der Waals surface area contributed by atoms with Crippen LogP contribution in [0, 0.1) is 0 Å². The van der Waals surface area contributed by atoms with Gasteiger partial charge in [-0.05, 0) is 11.1 Å². The maximum Gasteiger partial charge on any atom is 0.255 e. The van der Waals surface area contributed by atoms with E-state index in [1.165, 1.54) is 0 Å². The van der Waals surface area contributed by atoms with Crippen LogP contribution in [0.5, 0.6) is 0 Å². The largest absolute Gasteiger partial charge is 0.367 e. The van der Waals surface area contributed by atoms with E-state index >= 15 is 0 Å². The average Bonchev–Trinajstić information content (AvgIpc) is 3.33. The van der Waals surface area contributed by atoms with Gasteiger partial charge in [-0.25, -0.2) is 0 Å². The predicted molar refractivity (Wildman–Crippen MR) is 112 cm³/mol. The molecule has 1 aliphatic heterocycles. The van der Waals surface area contributed by atoms with E-state index in [4.69, 9.17) is 4.74 Å². The Labute approximate surface area is 175 Å². The number of carbonyl (C=O) groups excluding carboxylic acids is 2. The molecule has 1 atom stereocenters. The summed E-state index contributed by atoms with van der Waals surface area (Å²) >= 11 is 0. The van der Waals surface area contributed by atoms with Gasteiger partial charge in [-0.15, -0.1) is 0 Å². The summed E-state index contributed by atoms with van der Waals surface area (Å²) in [5.74, 6) is -0.324. The summed E-state index contributed by atoms with van der Waals surface area (Å²) in [4.78, 5) is 24.8. The smallest absolute Gasteiger partial charge is 0.255 e. The lowest BCUT2D eigenvalue weighted by molar-refractivity contribution is -0.126. The fraction of sp³-hybridized carbons (Fsp3) is 0.261. The zero-order chi connectivity index (χ0) is 20.8. The molecular formula is C23H24N4O3. The molecule has 0 aliphatic carbocycles. The highest BCUT2D eigenvalue weighted by molar-refractivity contribution is 5.95. The summed E-state index contributed by atoms with van der Waals surface area (Å²) in [6.07, 6.45) is 2.16. The molecule has 2 heterocycles. The summed E-state index contributed by atoms with van der Waals surface area (Å²) in [6.45, 7) is 1.40. The Kier molecular flexibility index (Phi) is 6.20. The fourth-order valence-electron chi connectivity index (χ4n) is 3.55. The third kappa shape index (κ3) is 4.93. The van der Waals surface area contributed by atoms with Crippen molar-refractivity contribution < 1.29 is 14.3 Å². The zero-order valence-electron chi connectivity index (χ0n) is 16.6. The summed E-state index contributed by atoms with van der Waals surface area (Å²) < 4.78 is 7.27. The third-order valence-electron chi connectivity index (χ3n) is 5.03. The Morgan fingerprint density at radius 3 is 2.47 bits per heavy atom. The maximum absolute atomic E-state index is 12.6. The van der Waals surface area contributed by atoms with Crippen LogP contribution in [0.3, 0.4) is 0 Å². The van der Waals surface area contributed by atoms with Crippen molar-refractivity contribution in [2.75, 3.05) is 6.61 Å². The van der Waals surface area contributed by atoms with Crippen molar-refractivity contribution in [1.29, 1.82) is 0 Å². The molecule has 0 saturated carbocycles. The van der Waals surface area contributed by atoms with Gasteiger partial charge in [0.15, 0.2) is 0 Å². The van der Waals surface area contributed by atoms with Gasteiger partial charge in [0, 0.05) is 13.0 Å². The van der Waals surface area contributed by atoms with Crippen molar-refractivity contribution in [3.63, 3.8) is 0 Å². The molecule has 0 fully saturated rings. The first-order valence-corrected chi connectivity index (χ1v) is 9.97. The molecule has 0 radical (unpaired) electrons. The summed E-state index contributed by atoms with van der Waals surface area (Å²) in [6, 6.07) is 19.4. The van der Waals surface area contributed by atoms with Crippen molar-refractivity contribution in [2.45, 2.75) is 32.2 Å². The van der Waals surface area contributed by atoms with Gasteiger partial charge in [0.05, 0.1) is 36.6 Å². The minimum absolute atomic E-state index is 0.00186. The monoisotopic (exact) mass is 404 g/mol. The van der Waals surface area contributed by atoms with Gasteiger partial charge in [-0.1, -0.05) is 60.7 Å². The Morgan fingerprint density at radius 2 is 1.73 bits per heavy atom. The molecule has 2 amide bonds. The van der Waals surface area contributed by atoms with Gasteiger partial charge in [0.25, 0.3) is 5.91 Å². The molecule has 4 rings (SSSR count). The lowest BCUT2D eigenvalue weighted by Gasteiger charge is -2.12. The normalized spacial score (nSPS) is 14.9. The Balaban J connectivity index is 1.25. The van der Waals surface area contributed by atoms with Crippen LogP contribution >= 0.6 is 0 Å². The van der Waals surface area contributed by atoms with Crippen molar-refractivity contribution in [1.82, 2.24) is 20.4 Å². The van der Waals surface area contributed by atoms with E-state index in [9.17, 15) is 9.59 Å². The van der Waals surface area contributed by atoms with Gasteiger partial charge in [-0.3, -0.25) is 14.3 Å². The number of nitrogens with zero attached hydrogens (tertiary/aromatic N) is 2. The second-order valence-corrected chi connectivity index (χ2v) is 7.30. The number of hydrogen-bond donors (Lipinski definition) is 2. The minimum Gasteiger partial charge on any atom is -0.367 e. The van der Waals surface area contributed by atoms with E-state index in [0.29, 0.717) is 31.7 Å². The lowest BCUT2D eigenvalue weighted by Crippen LogP contribution is -2.38. The standard InChI is InChI=1S/C23H24N4O3/c28-22(16-30-15-18-9-5-2-6-10-18)26-19-11-21-20(13-25-27(21)14-19)23(29)24-12-17-7-3-1-4-8-17/h1-10,13,19H,11-12,14-16H2,(H,24,29)(H,26,28)/t19-/m0/s1. The number of carbonyl (C=O) groups is 2. The number of hydrogen-bond acceptors (Lipinski definition) is 4. The molecule has 0 unspecified atom stereocenters. The summed E-state index contributed by atoms with van der Waals surface area (Å²) in [5, 5.41) is 10.2. The number of aromatic nitrogens is 2. The number of fused-ring (bicyclic) bond motifs is 1. The minimum atomic E-state index is -0.170. The van der Waals surface area contributed by atoms with Crippen molar-refractivity contribution >= 4 is 11.8 Å². The molecule has 30 heavy (non-hydrogen) atoms. The maximum atomic E-state index is 12.6. The van der Waals surface area contributed by atoms with Crippen molar-refractivity contribution in [3.05, 3.63) is 89.2 Å². The van der Waals surface area contributed by atoms with Gasteiger partial charge in [0.1, 0.15) is 6.61 Å². The molecule has 1 aliphatic rings. The molecule has 2 N–H and O–H groups in total. The second kappa shape index (κ2) is 9.37. The van der Waals surface area contributed by atoms with Crippen LogP contribution in [0.1, 0.15) is 27.2 Å². The van der Waals surface area contributed by atoms with Gasteiger partial charge >= 0.3 is 0 Å². The molecule has 0 bridgehead atoms. The molecule has 7 heteroatoms. The third-order valence-corrected chi connectivity index (χ3v) is 5.03. The first-order valence-electron chi connectivity index (χ1n) is 9.97. The predicted octanol–water partition coefficient (Wildman–Crippen LogP) is 2.07. The second-order valence-electron chi connectivity index (χ2n) is 7.30. The van der Waals surface area contributed by atoms with Crippen molar-refractivity contribution in [3.8, 4) is 0 Å². The Bertz CT molecular complexity index is 1000. The Hall–Kier alpha value is -3.45. The van der Waals surface area contributed by atoms with E-state index in [2.05, 4.69) is 15.7 Å². The molecule has 1 aromatic heterocycles. The molecule has 7 nitrogen and oxygen atoms in total. The highest BCUT2D eigenvalue weighted by Crippen LogP contribution is 2.19. The van der Waals surface area contributed by atoms with Gasteiger partial charge < -0.3 is 15.4 Å².